The quantitative estimate of drug-likeness (QED) is 0.606. The van der Waals surface area contributed by atoms with Gasteiger partial charge in [0.25, 0.3) is 0 Å². The minimum atomic E-state index is 0.112. The van der Waals surface area contributed by atoms with E-state index in [4.69, 9.17) is 0 Å². The minimum Gasteiger partial charge on any atom is -0.295 e. The van der Waals surface area contributed by atoms with E-state index in [0.29, 0.717) is 12.1 Å². The minimum absolute atomic E-state index is 0.112. The van der Waals surface area contributed by atoms with E-state index in [-0.39, 0.29) is 5.69 Å². The van der Waals surface area contributed by atoms with Gasteiger partial charge >= 0.3 is 5.69 Å². The van der Waals surface area contributed by atoms with Crippen molar-refractivity contribution in [1.82, 2.24) is 14.0 Å². The normalized spacial score (nSPS) is 30.5. The molecule has 0 N–H and O–H groups in total. The number of hydrogen-bond acceptors (Lipinski definition) is 2. The van der Waals surface area contributed by atoms with Crippen molar-refractivity contribution in [3.63, 3.8) is 0 Å². The topological polar surface area (TPSA) is 29.9 Å². The van der Waals surface area contributed by atoms with Gasteiger partial charge in [0.15, 0.2) is 0 Å². The Kier molecular flexibility index (Phi) is 1.29. The van der Waals surface area contributed by atoms with Crippen molar-refractivity contribution in [3.05, 3.63) is 34.2 Å². The monoisotopic (exact) mass is 215 g/mol. The van der Waals surface area contributed by atoms with Crippen molar-refractivity contribution in [2.75, 3.05) is 7.05 Å². The van der Waals surface area contributed by atoms with Gasteiger partial charge in [0.05, 0.1) is 17.1 Å². The molecule has 1 saturated heterocycles. The molecule has 3 heterocycles. The molecule has 3 atom stereocenters. The van der Waals surface area contributed by atoms with Crippen LogP contribution in [0.1, 0.15) is 11.6 Å². The highest BCUT2D eigenvalue weighted by Crippen LogP contribution is 2.47. The lowest BCUT2D eigenvalue weighted by atomic mass is 10.0. The Morgan fingerprint density at radius 3 is 2.94 bits per heavy atom. The van der Waals surface area contributed by atoms with Crippen molar-refractivity contribution in [1.29, 1.82) is 0 Å². The molecule has 3 unspecified atom stereocenters. The number of likely N-dealkylation sites (N-methyl/N-ethyl adjacent to an activating group) is 1. The highest BCUT2D eigenvalue weighted by Gasteiger charge is 2.49. The van der Waals surface area contributed by atoms with Crippen LogP contribution in [0.4, 0.5) is 0 Å². The number of hydrogen-bond donors (Lipinski definition) is 0. The summed E-state index contributed by atoms with van der Waals surface area (Å²) in [5.41, 5.74) is 3.62. The van der Waals surface area contributed by atoms with Crippen LogP contribution in [0.25, 0.3) is 11.0 Å². The Morgan fingerprint density at radius 2 is 2.12 bits per heavy atom. The smallest absolute Gasteiger partial charge is 0.295 e. The lowest BCUT2D eigenvalue weighted by Crippen LogP contribution is -2.26. The van der Waals surface area contributed by atoms with Gasteiger partial charge < -0.3 is 0 Å². The molecule has 0 amide bonds. The van der Waals surface area contributed by atoms with Gasteiger partial charge in [0.1, 0.15) is 0 Å². The first-order valence-corrected chi connectivity index (χ1v) is 5.60. The summed E-state index contributed by atoms with van der Waals surface area (Å²) in [7, 11) is 3.98. The SMILES string of the molecule is CN1C2Cn3c(=O)n(C)c4cccc(c43)C21. The summed E-state index contributed by atoms with van der Waals surface area (Å²) in [5.74, 6) is 0. The molecule has 1 aromatic heterocycles. The van der Waals surface area contributed by atoms with Gasteiger partial charge in [0.2, 0.25) is 0 Å². The summed E-state index contributed by atoms with van der Waals surface area (Å²) in [6.07, 6.45) is 0. The largest absolute Gasteiger partial charge is 0.328 e. The summed E-state index contributed by atoms with van der Waals surface area (Å²) in [4.78, 5) is 14.4. The first kappa shape index (κ1) is 8.58. The zero-order valence-corrected chi connectivity index (χ0v) is 9.34. The van der Waals surface area contributed by atoms with E-state index in [1.54, 1.807) is 4.57 Å². The number of nitrogens with zero attached hydrogens (tertiary/aromatic N) is 3. The molecule has 82 valence electrons. The number of para-hydroxylation sites is 1. The molecule has 4 rings (SSSR count). The Hall–Kier alpha value is -1.55. The molecule has 1 fully saturated rings. The molecule has 0 saturated carbocycles. The molecule has 2 aromatic rings. The van der Waals surface area contributed by atoms with Crippen LogP contribution in [0.5, 0.6) is 0 Å². The van der Waals surface area contributed by atoms with E-state index in [1.807, 2.05) is 17.7 Å². The second-order valence-electron chi connectivity index (χ2n) is 4.84. The first-order chi connectivity index (χ1) is 7.70. The third-order valence-corrected chi connectivity index (χ3v) is 4.12. The number of imidazole rings is 1. The third kappa shape index (κ3) is 0.756. The van der Waals surface area contributed by atoms with Crippen LogP contribution in [-0.4, -0.2) is 27.1 Å². The lowest BCUT2D eigenvalue weighted by molar-refractivity contribution is 0.544. The van der Waals surface area contributed by atoms with Gasteiger partial charge in [-0.15, -0.1) is 0 Å². The lowest BCUT2D eigenvalue weighted by Gasteiger charge is -2.10. The zero-order valence-electron chi connectivity index (χ0n) is 9.34. The molecule has 0 spiro atoms. The van der Waals surface area contributed by atoms with E-state index >= 15 is 0 Å². The van der Waals surface area contributed by atoms with E-state index in [2.05, 4.69) is 24.1 Å². The zero-order chi connectivity index (χ0) is 11.0. The van der Waals surface area contributed by atoms with Gasteiger partial charge in [-0.1, -0.05) is 12.1 Å². The van der Waals surface area contributed by atoms with Crippen molar-refractivity contribution in [2.45, 2.75) is 18.6 Å². The van der Waals surface area contributed by atoms with Gasteiger partial charge in [0, 0.05) is 19.6 Å². The number of rotatable bonds is 0. The molecule has 0 radical (unpaired) electrons. The maximum absolute atomic E-state index is 12.1. The molecular weight excluding hydrogens is 202 g/mol. The summed E-state index contributed by atoms with van der Waals surface area (Å²) in [6.45, 7) is 0.842. The van der Waals surface area contributed by atoms with Crippen LogP contribution < -0.4 is 5.69 Å². The fourth-order valence-corrected chi connectivity index (χ4v) is 3.15. The number of aromatic nitrogens is 2. The Balaban J connectivity index is 2.20. The maximum atomic E-state index is 12.1. The molecule has 0 bridgehead atoms. The number of benzene rings is 1. The van der Waals surface area contributed by atoms with Gasteiger partial charge in [-0.3, -0.25) is 14.0 Å². The van der Waals surface area contributed by atoms with Crippen LogP contribution in [0.15, 0.2) is 23.0 Å². The van der Waals surface area contributed by atoms with Crippen molar-refractivity contribution in [3.8, 4) is 0 Å². The summed E-state index contributed by atoms with van der Waals surface area (Å²) < 4.78 is 3.68. The summed E-state index contributed by atoms with van der Waals surface area (Å²) in [6, 6.07) is 7.29. The van der Waals surface area contributed by atoms with Crippen LogP contribution >= 0.6 is 0 Å². The van der Waals surface area contributed by atoms with Gasteiger partial charge in [-0.25, -0.2) is 4.79 Å². The fourth-order valence-electron chi connectivity index (χ4n) is 3.15. The van der Waals surface area contributed by atoms with Crippen LogP contribution in [0, 0.1) is 0 Å². The van der Waals surface area contributed by atoms with Crippen LogP contribution in [0.3, 0.4) is 0 Å². The third-order valence-electron chi connectivity index (χ3n) is 4.12. The van der Waals surface area contributed by atoms with Gasteiger partial charge in [-0.05, 0) is 18.7 Å². The van der Waals surface area contributed by atoms with E-state index < -0.39 is 0 Å². The average Bonchev–Trinajstić information content (AvgIpc) is 2.90. The molecule has 2 aliphatic rings. The molecule has 0 aliphatic carbocycles. The Bertz CT molecular complexity index is 667. The van der Waals surface area contributed by atoms with Crippen molar-refractivity contribution in [2.24, 2.45) is 7.05 Å². The standard InChI is InChI=1S/C12H13N3O/c1-13-9-6-15-11-7(10(9)13)4-3-5-8(11)14(2)12(15)16/h3-5,9-10H,6H2,1-2H3. The molecular formula is C12H13N3O. The number of fused-ring (bicyclic) bond motifs is 2. The molecule has 16 heavy (non-hydrogen) atoms. The van der Waals surface area contributed by atoms with Gasteiger partial charge in [-0.2, -0.15) is 0 Å². The fraction of sp³-hybridized carbons (Fsp3) is 0.417. The average molecular weight is 215 g/mol. The Labute approximate surface area is 92.7 Å². The van der Waals surface area contributed by atoms with Crippen molar-refractivity contribution >= 4 is 11.0 Å². The predicted molar refractivity (Wildman–Crippen MR) is 61.5 cm³/mol. The van der Waals surface area contributed by atoms with E-state index in [1.165, 1.54) is 5.56 Å². The van der Waals surface area contributed by atoms with Crippen molar-refractivity contribution < 1.29 is 0 Å². The molecule has 4 heteroatoms. The summed E-state index contributed by atoms with van der Waals surface area (Å²) >= 11 is 0. The molecule has 1 aromatic carbocycles. The summed E-state index contributed by atoms with van der Waals surface area (Å²) in [5, 5.41) is 0. The predicted octanol–water partition coefficient (Wildman–Crippen LogP) is 0.709. The number of aryl methyl sites for hydroxylation is 1. The highest BCUT2D eigenvalue weighted by molar-refractivity contribution is 5.81. The molecule has 4 nitrogen and oxygen atoms in total. The van der Waals surface area contributed by atoms with Crippen LogP contribution in [0.2, 0.25) is 0 Å². The van der Waals surface area contributed by atoms with E-state index in [9.17, 15) is 4.79 Å². The van der Waals surface area contributed by atoms with E-state index in [0.717, 1.165) is 17.6 Å². The highest BCUT2D eigenvalue weighted by atomic mass is 16.1. The van der Waals surface area contributed by atoms with Crippen LogP contribution in [-0.2, 0) is 13.6 Å². The molecule has 2 aliphatic heterocycles. The first-order valence-electron chi connectivity index (χ1n) is 5.60. The Morgan fingerprint density at radius 1 is 1.31 bits per heavy atom. The maximum Gasteiger partial charge on any atom is 0.328 e. The second-order valence-corrected chi connectivity index (χ2v) is 4.84. The second kappa shape index (κ2) is 2.40.